The van der Waals surface area contributed by atoms with Crippen molar-refractivity contribution in [3.63, 3.8) is 0 Å². The lowest BCUT2D eigenvalue weighted by molar-refractivity contribution is -0.130. The molecule has 0 radical (unpaired) electrons. The van der Waals surface area contributed by atoms with Gasteiger partial charge < -0.3 is 19.4 Å². The number of ether oxygens (including phenoxy) is 2. The molecule has 1 atom stereocenters. The van der Waals surface area contributed by atoms with E-state index in [2.05, 4.69) is 16.8 Å². The Kier molecular flexibility index (Phi) is 6.10. The SMILES string of the molecule is CCCn1c(C)cc(C(=O)CN2C(=O)N[C@@](C)(c3ccc(OC)c(OC)c3)C2=O)c1C. The molecule has 1 aliphatic heterocycles. The van der Waals surface area contributed by atoms with E-state index in [0.29, 0.717) is 22.6 Å². The summed E-state index contributed by atoms with van der Waals surface area (Å²) < 4.78 is 12.6. The van der Waals surface area contributed by atoms with Gasteiger partial charge in [-0.05, 0) is 51.0 Å². The van der Waals surface area contributed by atoms with E-state index < -0.39 is 17.5 Å². The third-order valence-corrected chi connectivity index (χ3v) is 5.86. The van der Waals surface area contributed by atoms with Gasteiger partial charge in [0, 0.05) is 23.5 Å². The Hall–Kier alpha value is -3.29. The highest BCUT2D eigenvalue weighted by Crippen LogP contribution is 2.35. The van der Waals surface area contributed by atoms with Crippen molar-refractivity contribution in [2.45, 2.75) is 46.2 Å². The van der Waals surface area contributed by atoms with Crippen LogP contribution in [0.3, 0.4) is 0 Å². The van der Waals surface area contributed by atoms with E-state index in [0.717, 1.165) is 29.3 Å². The van der Waals surface area contributed by atoms with Crippen molar-refractivity contribution in [3.8, 4) is 11.5 Å². The summed E-state index contributed by atoms with van der Waals surface area (Å²) in [7, 11) is 3.02. The van der Waals surface area contributed by atoms with Gasteiger partial charge in [-0.25, -0.2) is 4.79 Å². The van der Waals surface area contributed by atoms with Gasteiger partial charge in [0.25, 0.3) is 5.91 Å². The Bertz CT molecular complexity index is 1040. The van der Waals surface area contributed by atoms with Crippen LogP contribution >= 0.6 is 0 Å². The molecule has 2 aromatic rings. The predicted octanol–water partition coefficient (Wildman–Crippen LogP) is 3.18. The average molecular weight is 428 g/mol. The lowest BCUT2D eigenvalue weighted by atomic mass is 9.91. The molecular formula is C23H29N3O5. The standard InChI is InChI=1S/C23H29N3O5/c1-7-10-25-14(2)11-17(15(25)3)18(27)13-26-21(28)23(4,24-22(26)29)16-8-9-19(30-5)20(12-16)31-6/h8-9,11-12H,7,10,13H2,1-6H3,(H,24,29)/t23-/m0/s1. The fraction of sp³-hybridized carbons (Fsp3) is 0.435. The Labute approximate surface area is 182 Å². The van der Waals surface area contributed by atoms with Gasteiger partial charge in [-0.3, -0.25) is 14.5 Å². The largest absolute Gasteiger partial charge is 0.493 e. The van der Waals surface area contributed by atoms with Crippen molar-refractivity contribution < 1.29 is 23.9 Å². The maximum Gasteiger partial charge on any atom is 0.325 e. The van der Waals surface area contributed by atoms with E-state index >= 15 is 0 Å². The number of imide groups is 1. The summed E-state index contributed by atoms with van der Waals surface area (Å²) in [6.07, 6.45) is 0.945. The molecule has 31 heavy (non-hydrogen) atoms. The first-order valence-electron chi connectivity index (χ1n) is 10.2. The number of Topliss-reactive ketones (excluding diaryl/α,β-unsaturated/α-hetero) is 1. The van der Waals surface area contributed by atoms with Gasteiger partial charge >= 0.3 is 6.03 Å². The van der Waals surface area contributed by atoms with Crippen molar-refractivity contribution in [1.82, 2.24) is 14.8 Å². The summed E-state index contributed by atoms with van der Waals surface area (Å²) in [6.45, 7) is 8.01. The van der Waals surface area contributed by atoms with E-state index in [9.17, 15) is 14.4 Å². The van der Waals surface area contributed by atoms with Crippen LogP contribution in [0.1, 0.15) is 47.6 Å². The normalized spacial score (nSPS) is 18.3. The van der Waals surface area contributed by atoms with Crippen LogP contribution in [0.15, 0.2) is 24.3 Å². The van der Waals surface area contributed by atoms with Gasteiger partial charge in [0.05, 0.1) is 20.8 Å². The molecule has 1 aliphatic rings. The number of aryl methyl sites for hydroxylation is 1. The molecule has 2 heterocycles. The molecule has 0 bridgehead atoms. The number of urea groups is 1. The molecule has 8 nitrogen and oxygen atoms in total. The fourth-order valence-corrected chi connectivity index (χ4v) is 4.06. The molecule has 0 aliphatic carbocycles. The number of rotatable bonds is 8. The van der Waals surface area contributed by atoms with Crippen LogP contribution in [-0.2, 0) is 16.9 Å². The average Bonchev–Trinajstić information content (AvgIpc) is 3.16. The van der Waals surface area contributed by atoms with Crippen molar-refractivity contribution in [2.24, 2.45) is 0 Å². The van der Waals surface area contributed by atoms with Crippen LogP contribution in [0.4, 0.5) is 4.79 Å². The minimum absolute atomic E-state index is 0.268. The van der Waals surface area contributed by atoms with Crippen molar-refractivity contribution >= 4 is 17.7 Å². The van der Waals surface area contributed by atoms with Gasteiger partial charge in [-0.1, -0.05) is 13.0 Å². The number of methoxy groups -OCH3 is 2. The number of benzene rings is 1. The molecule has 1 fully saturated rings. The second-order valence-electron chi connectivity index (χ2n) is 7.88. The van der Waals surface area contributed by atoms with Crippen molar-refractivity contribution in [2.75, 3.05) is 20.8 Å². The topological polar surface area (TPSA) is 89.9 Å². The maximum absolute atomic E-state index is 13.2. The Morgan fingerprint density at radius 3 is 2.39 bits per heavy atom. The zero-order chi connectivity index (χ0) is 22.9. The van der Waals surface area contributed by atoms with E-state index in [4.69, 9.17) is 9.47 Å². The highest BCUT2D eigenvalue weighted by Gasteiger charge is 2.49. The van der Waals surface area contributed by atoms with E-state index in [-0.39, 0.29) is 12.3 Å². The fourth-order valence-electron chi connectivity index (χ4n) is 4.06. The number of hydrogen-bond donors (Lipinski definition) is 1. The van der Waals surface area contributed by atoms with Crippen LogP contribution in [0.2, 0.25) is 0 Å². The first-order chi connectivity index (χ1) is 14.7. The second kappa shape index (κ2) is 8.45. The summed E-state index contributed by atoms with van der Waals surface area (Å²) in [6, 6.07) is 6.25. The summed E-state index contributed by atoms with van der Waals surface area (Å²) >= 11 is 0. The summed E-state index contributed by atoms with van der Waals surface area (Å²) in [5, 5.41) is 2.73. The van der Waals surface area contributed by atoms with Crippen LogP contribution in [0.25, 0.3) is 0 Å². The van der Waals surface area contributed by atoms with Gasteiger partial charge in [0.2, 0.25) is 0 Å². The molecule has 8 heteroatoms. The first kappa shape index (κ1) is 22.4. The Morgan fingerprint density at radius 2 is 1.77 bits per heavy atom. The van der Waals surface area contributed by atoms with Gasteiger partial charge in [-0.2, -0.15) is 0 Å². The van der Waals surface area contributed by atoms with Crippen molar-refractivity contribution in [1.29, 1.82) is 0 Å². The van der Waals surface area contributed by atoms with E-state index in [1.807, 2.05) is 19.9 Å². The third-order valence-electron chi connectivity index (χ3n) is 5.86. The first-order valence-corrected chi connectivity index (χ1v) is 10.2. The minimum Gasteiger partial charge on any atom is -0.493 e. The summed E-state index contributed by atoms with van der Waals surface area (Å²) in [5.74, 6) is 0.207. The number of aromatic nitrogens is 1. The van der Waals surface area contributed by atoms with E-state index in [1.165, 1.54) is 14.2 Å². The Morgan fingerprint density at radius 1 is 1.10 bits per heavy atom. The lowest BCUT2D eigenvalue weighted by Gasteiger charge is -2.23. The molecule has 1 aromatic heterocycles. The van der Waals surface area contributed by atoms with Gasteiger partial charge in [0.1, 0.15) is 5.54 Å². The van der Waals surface area contributed by atoms with E-state index in [1.54, 1.807) is 25.1 Å². The van der Waals surface area contributed by atoms with Crippen LogP contribution < -0.4 is 14.8 Å². The smallest absolute Gasteiger partial charge is 0.325 e. The molecule has 3 rings (SSSR count). The van der Waals surface area contributed by atoms with Gasteiger partial charge in [0.15, 0.2) is 17.3 Å². The zero-order valence-corrected chi connectivity index (χ0v) is 18.9. The number of hydrogen-bond acceptors (Lipinski definition) is 5. The molecule has 0 saturated carbocycles. The molecule has 1 aromatic carbocycles. The predicted molar refractivity (Wildman–Crippen MR) is 116 cm³/mol. The monoisotopic (exact) mass is 427 g/mol. The maximum atomic E-state index is 13.2. The summed E-state index contributed by atoms with van der Waals surface area (Å²) in [4.78, 5) is 39.9. The third kappa shape index (κ3) is 3.78. The quantitative estimate of drug-likeness (QED) is 0.516. The zero-order valence-electron chi connectivity index (χ0n) is 18.9. The van der Waals surface area contributed by atoms with Crippen molar-refractivity contribution in [3.05, 3.63) is 46.8 Å². The molecule has 166 valence electrons. The van der Waals surface area contributed by atoms with Crippen LogP contribution in [-0.4, -0.2) is 48.0 Å². The molecular weight excluding hydrogens is 398 g/mol. The van der Waals surface area contributed by atoms with Crippen LogP contribution in [0.5, 0.6) is 11.5 Å². The van der Waals surface area contributed by atoms with Gasteiger partial charge in [-0.15, -0.1) is 0 Å². The van der Waals surface area contributed by atoms with Crippen LogP contribution in [0, 0.1) is 13.8 Å². The number of nitrogens with zero attached hydrogens (tertiary/aromatic N) is 2. The number of carbonyl (C=O) groups excluding carboxylic acids is 3. The Balaban J connectivity index is 1.87. The molecule has 1 saturated heterocycles. The number of amides is 3. The summed E-state index contributed by atoms with van der Waals surface area (Å²) in [5.41, 5.74) is 1.59. The number of ketones is 1. The highest BCUT2D eigenvalue weighted by molar-refractivity contribution is 6.11. The second-order valence-corrected chi connectivity index (χ2v) is 7.88. The molecule has 0 unspecified atom stereocenters. The molecule has 0 spiro atoms. The minimum atomic E-state index is -1.31. The molecule has 3 amide bonds. The lowest BCUT2D eigenvalue weighted by Crippen LogP contribution is -2.41. The highest BCUT2D eigenvalue weighted by atomic mass is 16.5. The number of nitrogens with one attached hydrogen (secondary N) is 1. The molecule has 1 N–H and O–H groups in total. The number of carbonyl (C=O) groups is 3.